The first-order valence-corrected chi connectivity index (χ1v) is 6.32. The van der Waals surface area contributed by atoms with Gasteiger partial charge in [-0.05, 0) is 31.7 Å². The van der Waals surface area contributed by atoms with Crippen LogP contribution in [-0.4, -0.2) is 48.2 Å². The molecule has 16 heavy (non-hydrogen) atoms. The monoisotopic (exact) mass is 228 g/mol. The number of rotatable bonds is 6. The molecule has 2 atom stereocenters. The van der Waals surface area contributed by atoms with Gasteiger partial charge < -0.3 is 15.3 Å². The Bertz CT molecular complexity index is 221. The van der Waals surface area contributed by atoms with Crippen LogP contribution in [0.25, 0.3) is 0 Å². The van der Waals surface area contributed by atoms with Crippen LogP contribution in [0.15, 0.2) is 0 Å². The second-order valence-corrected chi connectivity index (χ2v) is 4.72. The van der Waals surface area contributed by atoms with Crippen molar-refractivity contribution >= 4 is 5.91 Å². The molecule has 1 rings (SSSR count). The van der Waals surface area contributed by atoms with Gasteiger partial charge in [0.2, 0.25) is 5.91 Å². The van der Waals surface area contributed by atoms with Crippen LogP contribution in [0.2, 0.25) is 0 Å². The van der Waals surface area contributed by atoms with Gasteiger partial charge in [-0.1, -0.05) is 13.8 Å². The highest BCUT2D eigenvalue weighted by atomic mass is 16.3. The third-order valence-corrected chi connectivity index (χ3v) is 3.02. The molecule has 2 unspecified atom stereocenters. The summed E-state index contributed by atoms with van der Waals surface area (Å²) >= 11 is 0. The van der Waals surface area contributed by atoms with Gasteiger partial charge >= 0.3 is 0 Å². The zero-order chi connectivity index (χ0) is 12.0. The van der Waals surface area contributed by atoms with Gasteiger partial charge in [-0.2, -0.15) is 0 Å². The number of hydrogen-bond donors (Lipinski definition) is 2. The molecule has 2 N–H and O–H groups in total. The maximum absolute atomic E-state index is 12.1. The topological polar surface area (TPSA) is 52.6 Å². The van der Waals surface area contributed by atoms with Crippen LogP contribution in [0.5, 0.6) is 0 Å². The summed E-state index contributed by atoms with van der Waals surface area (Å²) in [4.78, 5) is 14.0. The number of aliphatic hydroxyl groups excluding tert-OH is 1. The summed E-state index contributed by atoms with van der Waals surface area (Å²) in [5, 5.41) is 12.3. The molecule has 0 spiro atoms. The van der Waals surface area contributed by atoms with Gasteiger partial charge in [-0.25, -0.2) is 0 Å². The van der Waals surface area contributed by atoms with Gasteiger partial charge in [0.1, 0.15) is 0 Å². The zero-order valence-electron chi connectivity index (χ0n) is 10.4. The van der Waals surface area contributed by atoms with E-state index in [2.05, 4.69) is 12.2 Å². The molecule has 1 heterocycles. The average molecular weight is 228 g/mol. The Morgan fingerprint density at radius 3 is 3.00 bits per heavy atom. The first kappa shape index (κ1) is 13.5. The van der Waals surface area contributed by atoms with E-state index >= 15 is 0 Å². The molecule has 94 valence electrons. The van der Waals surface area contributed by atoms with Gasteiger partial charge in [-0.15, -0.1) is 0 Å². The van der Waals surface area contributed by atoms with Crippen LogP contribution in [0.4, 0.5) is 0 Å². The third-order valence-electron chi connectivity index (χ3n) is 3.02. The third kappa shape index (κ3) is 3.76. The highest BCUT2D eigenvalue weighted by Gasteiger charge is 2.28. The van der Waals surface area contributed by atoms with Crippen molar-refractivity contribution in [2.75, 3.05) is 26.2 Å². The van der Waals surface area contributed by atoms with Crippen LogP contribution in [-0.2, 0) is 4.79 Å². The summed E-state index contributed by atoms with van der Waals surface area (Å²) in [5.74, 6) is 0.383. The number of carbonyl (C=O) groups excluding carboxylic acids is 1. The van der Waals surface area contributed by atoms with Crippen LogP contribution in [0, 0.1) is 5.92 Å². The van der Waals surface area contributed by atoms with E-state index in [1.807, 2.05) is 11.8 Å². The maximum Gasteiger partial charge on any atom is 0.239 e. The van der Waals surface area contributed by atoms with E-state index in [9.17, 15) is 4.79 Å². The lowest BCUT2D eigenvalue weighted by molar-refractivity contribution is -0.136. The van der Waals surface area contributed by atoms with Crippen LogP contribution in [0.1, 0.15) is 33.1 Å². The number of aliphatic hydroxyl groups is 1. The molecule has 4 heteroatoms. The van der Waals surface area contributed by atoms with Gasteiger partial charge in [-0.3, -0.25) is 4.79 Å². The molecule has 0 aromatic carbocycles. The maximum atomic E-state index is 12.1. The molecule has 0 aliphatic carbocycles. The Hall–Kier alpha value is -0.610. The van der Waals surface area contributed by atoms with Crippen molar-refractivity contribution in [2.24, 2.45) is 5.92 Å². The molecule has 0 bridgehead atoms. The van der Waals surface area contributed by atoms with Gasteiger partial charge in [0.05, 0.1) is 6.04 Å². The van der Waals surface area contributed by atoms with Crippen molar-refractivity contribution in [3.63, 3.8) is 0 Å². The lowest BCUT2D eigenvalue weighted by Crippen LogP contribution is -2.52. The molecule has 1 aliphatic rings. The Morgan fingerprint density at radius 1 is 1.62 bits per heavy atom. The summed E-state index contributed by atoms with van der Waals surface area (Å²) in [5.41, 5.74) is 0. The highest BCUT2D eigenvalue weighted by Crippen LogP contribution is 2.13. The van der Waals surface area contributed by atoms with Crippen molar-refractivity contribution < 1.29 is 9.90 Å². The Labute approximate surface area is 98.0 Å². The molecule has 1 amide bonds. The van der Waals surface area contributed by atoms with Gasteiger partial charge in [0.15, 0.2) is 0 Å². The van der Waals surface area contributed by atoms with Crippen molar-refractivity contribution in [1.82, 2.24) is 10.2 Å². The molecule has 1 aliphatic heterocycles. The summed E-state index contributed by atoms with van der Waals surface area (Å²) in [6.45, 7) is 6.64. The first-order valence-electron chi connectivity index (χ1n) is 6.32. The molecular formula is C12H24N2O2. The van der Waals surface area contributed by atoms with E-state index in [0.29, 0.717) is 6.54 Å². The van der Waals surface area contributed by atoms with Crippen molar-refractivity contribution in [3.8, 4) is 0 Å². The molecular weight excluding hydrogens is 204 g/mol. The second kappa shape index (κ2) is 6.86. The molecule has 4 nitrogen and oxygen atoms in total. The lowest BCUT2D eigenvalue weighted by Gasteiger charge is -2.34. The van der Waals surface area contributed by atoms with E-state index in [1.54, 1.807) is 0 Å². The van der Waals surface area contributed by atoms with Crippen molar-refractivity contribution in [2.45, 2.75) is 39.2 Å². The minimum atomic E-state index is -0.000377. The smallest absolute Gasteiger partial charge is 0.239 e. The molecule has 0 aromatic heterocycles. The zero-order valence-corrected chi connectivity index (χ0v) is 10.4. The Morgan fingerprint density at radius 2 is 2.38 bits per heavy atom. The molecule has 1 saturated heterocycles. The number of nitrogens with one attached hydrogen (secondary N) is 1. The normalized spacial score (nSPS) is 23.6. The van der Waals surface area contributed by atoms with Crippen molar-refractivity contribution in [1.29, 1.82) is 0 Å². The minimum Gasteiger partial charge on any atom is -0.396 e. The quantitative estimate of drug-likeness (QED) is 0.700. The summed E-state index contributed by atoms with van der Waals surface area (Å²) in [6.07, 6.45) is 3.06. The molecule has 0 saturated carbocycles. The number of nitrogens with zero attached hydrogens (tertiary/aromatic N) is 1. The molecule has 0 radical (unpaired) electrons. The largest absolute Gasteiger partial charge is 0.396 e. The first-order chi connectivity index (χ1) is 7.69. The number of amides is 1. The van der Waals surface area contributed by atoms with Crippen LogP contribution in [0.3, 0.4) is 0 Å². The SMILES string of the molecule is CCCNC1CCCN(CC(C)CO)C1=O. The standard InChI is InChI=1S/C12H24N2O2/c1-3-6-13-11-5-4-7-14(12(11)16)8-10(2)9-15/h10-11,13,15H,3-9H2,1-2H3. The average Bonchev–Trinajstić information content (AvgIpc) is 2.30. The Balaban J connectivity index is 2.43. The summed E-state index contributed by atoms with van der Waals surface area (Å²) in [6, 6.07) is -0.000377. The van der Waals surface area contributed by atoms with Crippen LogP contribution >= 0.6 is 0 Å². The van der Waals surface area contributed by atoms with Crippen molar-refractivity contribution in [3.05, 3.63) is 0 Å². The predicted molar refractivity (Wildman–Crippen MR) is 64.1 cm³/mol. The highest BCUT2D eigenvalue weighted by molar-refractivity contribution is 5.82. The lowest BCUT2D eigenvalue weighted by atomic mass is 10.0. The van der Waals surface area contributed by atoms with E-state index in [-0.39, 0.29) is 24.5 Å². The van der Waals surface area contributed by atoms with Gasteiger partial charge in [0.25, 0.3) is 0 Å². The van der Waals surface area contributed by atoms with E-state index < -0.39 is 0 Å². The van der Waals surface area contributed by atoms with Crippen LogP contribution < -0.4 is 5.32 Å². The molecule has 1 fully saturated rings. The number of likely N-dealkylation sites (tertiary alicyclic amines) is 1. The fourth-order valence-electron chi connectivity index (χ4n) is 2.06. The number of piperidine rings is 1. The van der Waals surface area contributed by atoms with E-state index in [4.69, 9.17) is 5.11 Å². The number of hydrogen-bond acceptors (Lipinski definition) is 3. The predicted octanol–water partition coefficient (Wildman–Crippen LogP) is 0.605. The summed E-state index contributed by atoms with van der Waals surface area (Å²) in [7, 11) is 0. The minimum absolute atomic E-state index is 0.000377. The second-order valence-electron chi connectivity index (χ2n) is 4.72. The fraction of sp³-hybridized carbons (Fsp3) is 0.917. The van der Waals surface area contributed by atoms with E-state index in [1.165, 1.54) is 0 Å². The number of carbonyl (C=O) groups is 1. The summed E-state index contributed by atoms with van der Waals surface area (Å²) < 4.78 is 0. The fourth-order valence-corrected chi connectivity index (χ4v) is 2.06. The molecule has 0 aromatic rings. The Kier molecular flexibility index (Phi) is 5.77. The van der Waals surface area contributed by atoms with Gasteiger partial charge in [0, 0.05) is 19.7 Å². The van der Waals surface area contributed by atoms with E-state index in [0.717, 1.165) is 32.4 Å².